The number of nitrogens with zero attached hydrogens (tertiary/aromatic N) is 4. The molecule has 0 radical (unpaired) electrons. The van der Waals surface area contributed by atoms with Crippen molar-refractivity contribution < 1.29 is 9.21 Å². The number of allylic oxidation sites excluding steroid dienone is 1. The summed E-state index contributed by atoms with van der Waals surface area (Å²) in [7, 11) is 0. The number of hydrogen-bond acceptors (Lipinski definition) is 6. The Labute approximate surface area is 200 Å². The van der Waals surface area contributed by atoms with Crippen LogP contribution in [-0.2, 0) is 4.79 Å². The highest BCUT2D eigenvalue weighted by atomic mass is 35.5. The molecule has 33 heavy (non-hydrogen) atoms. The molecule has 0 fully saturated rings. The van der Waals surface area contributed by atoms with Crippen LogP contribution in [0.3, 0.4) is 0 Å². The lowest BCUT2D eigenvalue weighted by Crippen LogP contribution is -2.20. The standard InChI is InChI=1S/C24H20ClN5O2S/c1-17(14-21-8-5-13-32-21)15-26-27-22(31)16-33-24-29-28-23(18-6-3-2-4-7-18)30(24)20-11-9-19(25)10-12-20/h2-15H,16H2,1H3,(H,27,31). The predicted octanol–water partition coefficient (Wildman–Crippen LogP) is 5.48. The Kier molecular flexibility index (Phi) is 7.39. The number of rotatable bonds is 8. The number of furan rings is 1. The molecule has 2 aromatic carbocycles. The van der Waals surface area contributed by atoms with E-state index >= 15 is 0 Å². The highest BCUT2D eigenvalue weighted by Crippen LogP contribution is 2.28. The quantitative estimate of drug-likeness (QED) is 0.206. The number of hydrazone groups is 1. The minimum absolute atomic E-state index is 0.124. The van der Waals surface area contributed by atoms with Gasteiger partial charge in [0.15, 0.2) is 11.0 Å². The maximum atomic E-state index is 12.3. The smallest absolute Gasteiger partial charge is 0.250 e. The lowest BCUT2D eigenvalue weighted by Gasteiger charge is -2.10. The number of thioether (sulfide) groups is 1. The van der Waals surface area contributed by atoms with Crippen molar-refractivity contribution in [3.05, 3.63) is 89.3 Å². The molecule has 0 spiro atoms. The summed E-state index contributed by atoms with van der Waals surface area (Å²) in [6.45, 7) is 1.87. The monoisotopic (exact) mass is 477 g/mol. The second-order valence-corrected chi connectivity index (χ2v) is 8.35. The lowest BCUT2D eigenvalue weighted by atomic mass is 10.2. The Morgan fingerprint density at radius 3 is 2.64 bits per heavy atom. The zero-order valence-electron chi connectivity index (χ0n) is 17.7. The van der Waals surface area contributed by atoms with E-state index in [0.29, 0.717) is 16.0 Å². The third kappa shape index (κ3) is 6.00. The summed E-state index contributed by atoms with van der Waals surface area (Å²) >= 11 is 7.33. The zero-order chi connectivity index (χ0) is 23.0. The molecule has 166 valence electrons. The molecule has 0 saturated heterocycles. The van der Waals surface area contributed by atoms with Crippen LogP contribution in [0.25, 0.3) is 23.2 Å². The molecule has 0 unspecified atom stereocenters. The molecule has 0 atom stereocenters. The van der Waals surface area contributed by atoms with Gasteiger partial charge in [0, 0.05) is 16.3 Å². The van der Waals surface area contributed by atoms with Crippen LogP contribution in [0.5, 0.6) is 0 Å². The highest BCUT2D eigenvalue weighted by molar-refractivity contribution is 7.99. The Morgan fingerprint density at radius 2 is 1.91 bits per heavy atom. The van der Waals surface area contributed by atoms with Crippen molar-refractivity contribution in [2.45, 2.75) is 12.1 Å². The average molecular weight is 478 g/mol. The fourth-order valence-corrected chi connectivity index (χ4v) is 3.83. The Morgan fingerprint density at radius 1 is 1.12 bits per heavy atom. The molecule has 9 heteroatoms. The number of aromatic nitrogens is 3. The Bertz CT molecular complexity index is 1270. The number of amides is 1. The van der Waals surface area contributed by atoms with Crippen LogP contribution < -0.4 is 5.43 Å². The van der Waals surface area contributed by atoms with Crippen molar-refractivity contribution >= 4 is 41.6 Å². The van der Waals surface area contributed by atoms with E-state index in [2.05, 4.69) is 20.7 Å². The van der Waals surface area contributed by atoms with Gasteiger partial charge in [-0.25, -0.2) is 5.43 Å². The molecule has 0 aliphatic carbocycles. The minimum Gasteiger partial charge on any atom is -0.465 e. The normalized spacial score (nSPS) is 11.8. The molecule has 2 aromatic heterocycles. The maximum absolute atomic E-state index is 12.3. The topological polar surface area (TPSA) is 85.3 Å². The van der Waals surface area contributed by atoms with Gasteiger partial charge in [-0.2, -0.15) is 5.10 Å². The summed E-state index contributed by atoms with van der Waals surface area (Å²) in [6, 6.07) is 20.8. The molecule has 0 aliphatic rings. The van der Waals surface area contributed by atoms with Crippen molar-refractivity contribution in [3.63, 3.8) is 0 Å². The molecule has 4 rings (SSSR count). The zero-order valence-corrected chi connectivity index (χ0v) is 19.3. The van der Waals surface area contributed by atoms with Gasteiger partial charge in [0.2, 0.25) is 0 Å². The van der Waals surface area contributed by atoms with Crippen molar-refractivity contribution in [1.82, 2.24) is 20.2 Å². The first kappa shape index (κ1) is 22.6. The van der Waals surface area contributed by atoms with Crippen molar-refractivity contribution in [2.75, 3.05) is 5.75 Å². The second-order valence-electron chi connectivity index (χ2n) is 6.97. The predicted molar refractivity (Wildman–Crippen MR) is 132 cm³/mol. The first-order valence-corrected chi connectivity index (χ1v) is 11.4. The van der Waals surface area contributed by atoms with Crippen LogP contribution in [-0.4, -0.2) is 32.6 Å². The summed E-state index contributed by atoms with van der Waals surface area (Å²) in [6.07, 6.45) is 4.99. The van der Waals surface area contributed by atoms with Gasteiger partial charge in [-0.1, -0.05) is 53.7 Å². The molecule has 0 bridgehead atoms. The first-order valence-electron chi connectivity index (χ1n) is 10.0. The van der Waals surface area contributed by atoms with Gasteiger partial charge in [-0.15, -0.1) is 10.2 Å². The molecular weight excluding hydrogens is 458 g/mol. The number of halogens is 1. The summed E-state index contributed by atoms with van der Waals surface area (Å²) < 4.78 is 7.16. The molecule has 7 nitrogen and oxygen atoms in total. The summed E-state index contributed by atoms with van der Waals surface area (Å²) in [4.78, 5) is 12.3. The summed E-state index contributed by atoms with van der Waals surface area (Å²) in [5.74, 6) is 1.27. The molecule has 2 heterocycles. The van der Waals surface area contributed by atoms with Crippen LogP contribution in [0.15, 0.2) is 93.2 Å². The number of nitrogens with one attached hydrogen (secondary N) is 1. The number of benzene rings is 2. The summed E-state index contributed by atoms with van der Waals surface area (Å²) in [5.41, 5.74) is 5.14. The van der Waals surface area contributed by atoms with E-state index in [-0.39, 0.29) is 11.7 Å². The van der Waals surface area contributed by atoms with Crippen LogP contribution in [0.1, 0.15) is 12.7 Å². The fourth-order valence-electron chi connectivity index (χ4n) is 2.96. The molecule has 0 aliphatic heterocycles. The third-order valence-corrected chi connectivity index (χ3v) is 5.63. The Hall–Kier alpha value is -3.62. The third-order valence-electron chi connectivity index (χ3n) is 4.45. The van der Waals surface area contributed by atoms with Crippen molar-refractivity contribution in [3.8, 4) is 17.1 Å². The van der Waals surface area contributed by atoms with Crippen LogP contribution in [0, 0.1) is 0 Å². The molecule has 4 aromatic rings. The highest BCUT2D eigenvalue weighted by Gasteiger charge is 2.17. The van der Waals surface area contributed by atoms with E-state index in [9.17, 15) is 4.79 Å². The van der Waals surface area contributed by atoms with Crippen LogP contribution >= 0.6 is 23.4 Å². The molecule has 1 N–H and O–H groups in total. The van der Waals surface area contributed by atoms with E-state index in [4.69, 9.17) is 16.0 Å². The summed E-state index contributed by atoms with van der Waals surface area (Å²) in [5, 5.41) is 13.9. The van der Waals surface area contributed by atoms with Gasteiger partial charge in [0.05, 0.1) is 18.2 Å². The van der Waals surface area contributed by atoms with Gasteiger partial charge >= 0.3 is 0 Å². The largest absolute Gasteiger partial charge is 0.465 e. The van der Waals surface area contributed by atoms with Gasteiger partial charge in [-0.05, 0) is 55.0 Å². The number of carbonyl (C=O) groups excluding carboxylic acids is 1. The fraction of sp³-hybridized carbons (Fsp3) is 0.0833. The Balaban J connectivity index is 1.46. The van der Waals surface area contributed by atoms with E-state index in [1.807, 2.05) is 66.1 Å². The van der Waals surface area contributed by atoms with Crippen molar-refractivity contribution in [1.29, 1.82) is 0 Å². The number of hydrogen-bond donors (Lipinski definition) is 1. The first-order chi connectivity index (χ1) is 16.1. The second kappa shape index (κ2) is 10.8. The molecular formula is C24H20ClN5O2S. The van der Waals surface area contributed by atoms with Crippen molar-refractivity contribution in [2.24, 2.45) is 5.10 Å². The SMILES string of the molecule is CC(C=NNC(=O)CSc1nnc(-c2ccccc2)n1-c1ccc(Cl)cc1)=Cc1ccco1. The van der Waals surface area contributed by atoms with E-state index in [1.54, 1.807) is 30.7 Å². The average Bonchev–Trinajstić information content (AvgIpc) is 3.49. The van der Waals surface area contributed by atoms with Gasteiger partial charge in [-0.3, -0.25) is 9.36 Å². The van der Waals surface area contributed by atoms with E-state index < -0.39 is 0 Å². The maximum Gasteiger partial charge on any atom is 0.250 e. The van der Waals surface area contributed by atoms with E-state index in [0.717, 1.165) is 22.6 Å². The van der Waals surface area contributed by atoms with Gasteiger partial charge in [0.25, 0.3) is 5.91 Å². The number of carbonyl (C=O) groups is 1. The lowest BCUT2D eigenvalue weighted by molar-refractivity contribution is -0.118. The van der Waals surface area contributed by atoms with E-state index in [1.165, 1.54) is 11.8 Å². The van der Waals surface area contributed by atoms with Crippen LogP contribution in [0.2, 0.25) is 5.02 Å². The molecule has 0 saturated carbocycles. The van der Waals surface area contributed by atoms with Gasteiger partial charge < -0.3 is 4.42 Å². The minimum atomic E-state index is -0.256. The molecule has 1 amide bonds. The van der Waals surface area contributed by atoms with Crippen LogP contribution in [0.4, 0.5) is 0 Å². The van der Waals surface area contributed by atoms with Gasteiger partial charge in [0.1, 0.15) is 5.76 Å².